The Morgan fingerprint density at radius 3 is 2.60 bits per heavy atom. The van der Waals surface area contributed by atoms with Crippen molar-refractivity contribution in [1.82, 2.24) is 5.32 Å². The Morgan fingerprint density at radius 1 is 1.33 bits per heavy atom. The van der Waals surface area contributed by atoms with Gasteiger partial charge in [-0.2, -0.15) is 0 Å². The zero-order valence-electron chi connectivity index (χ0n) is 8.99. The van der Waals surface area contributed by atoms with Crippen LogP contribution in [0.5, 0.6) is 0 Å². The van der Waals surface area contributed by atoms with Crippen molar-refractivity contribution in [2.75, 3.05) is 13.7 Å². The molecule has 1 aliphatic carbocycles. The molecule has 1 aromatic carbocycles. The minimum atomic E-state index is -0.0889. The maximum Gasteiger partial charge on any atom is 0.0616 e. The molecular weight excluding hydrogens is 210 g/mol. The highest BCUT2D eigenvalue weighted by molar-refractivity contribution is 5.85. The van der Waals surface area contributed by atoms with Gasteiger partial charge in [-0.3, -0.25) is 0 Å². The van der Waals surface area contributed by atoms with Gasteiger partial charge in [-0.05, 0) is 37.4 Å². The lowest BCUT2D eigenvalue weighted by Crippen LogP contribution is -2.50. The van der Waals surface area contributed by atoms with Crippen molar-refractivity contribution in [2.45, 2.75) is 24.8 Å². The largest absolute Gasteiger partial charge is 0.394 e. The van der Waals surface area contributed by atoms with Gasteiger partial charge in [0, 0.05) is 5.54 Å². The first-order valence-electron chi connectivity index (χ1n) is 5.16. The van der Waals surface area contributed by atoms with E-state index in [0.29, 0.717) is 0 Å². The molecule has 1 aliphatic rings. The second kappa shape index (κ2) is 4.97. The summed E-state index contributed by atoms with van der Waals surface area (Å²) in [5.74, 6) is 0. The second-order valence-corrected chi connectivity index (χ2v) is 4.13. The summed E-state index contributed by atoms with van der Waals surface area (Å²) in [4.78, 5) is 0. The molecule has 0 saturated carbocycles. The second-order valence-electron chi connectivity index (χ2n) is 4.13. The molecule has 0 amide bonds. The molecule has 1 atom stereocenters. The van der Waals surface area contributed by atoms with E-state index in [1.807, 2.05) is 7.05 Å². The Morgan fingerprint density at radius 2 is 2.00 bits per heavy atom. The number of fused-ring (bicyclic) bond motifs is 1. The Labute approximate surface area is 97.1 Å². The van der Waals surface area contributed by atoms with Crippen molar-refractivity contribution in [3.05, 3.63) is 35.4 Å². The van der Waals surface area contributed by atoms with Crippen LogP contribution in [-0.4, -0.2) is 24.3 Å². The number of aliphatic hydroxyl groups is 1. The third-order valence-corrected chi connectivity index (χ3v) is 3.35. The quantitative estimate of drug-likeness (QED) is 0.804. The zero-order valence-corrected chi connectivity index (χ0v) is 9.81. The van der Waals surface area contributed by atoms with Crippen LogP contribution in [0.25, 0.3) is 0 Å². The number of likely N-dealkylation sites (N-methyl/N-ethyl adjacent to an activating group) is 1. The van der Waals surface area contributed by atoms with Gasteiger partial charge < -0.3 is 10.4 Å². The fraction of sp³-hybridized carbons (Fsp3) is 0.500. The number of aryl methyl sites for hydroxylation is 1. The van der Waals surface area contributed by atoms with Gasteiger partial charge in [0.05, 0.1) is 6.61 Å². The Hall–Kier alpha value is -0.570. The van der Waals surface area contributed by atoms with E-state index < -0.39 is 0 Å². The predicted octanol–water partition coefficient (Wildman–Crippen LogP) is 1.55. The molecule has 2 rings (SSSR count). The maximum absolute atomic E-state index is 9.40. The number of halogens is 1. The number of nitrogens with one attached hydrogen (secondary N) is 1. The van der Waals surface area contributed by atoms with Crippen molar-refractivity contribution in [2.24, 2.45) is 0 Å². The fourth-order valence-corrected chi connectivity index (χ4v) is 2.23. The minimum absolute atomic E-state index is 0. The summed E-state index contributed by atoms with van der Waals surface area (Å²) in [5, 5.41) is 12.7. The van der Waals surface area contributed by atoms with E-state index >= 15 is 0 Å². The normalized spacial score (nSPS) is 24.1. The van der Waals surface area contributed by atoms with Crippen LogP contribution in [0.3, 0.4) is 0 Å². The Bertz CT molecular complexity index is 323. The monoisotopic (exact) mass is 227 g/mol. The molecule has 1 unspecified atom stereocenters. The molecule has 0 aromatic heterocycles. The highest BCUT2D eigenvalue weighted by atomic mass is 35.5. The number of hydrogen-bond donors (Lipinski definition) is 2. The van der Waals surface area contributed by atoms with E-state index in [-0.39, 0.29) is 24.6 Å². The average molecular weight is 228 g/mol. The number of aliphatic hydroxyl groups excluding tert-OH is 1. The van der Waals surface area contributed by atoms with Crippen molar-refractivity contribution >= 4 is 12.4 Å². The molecule has 0 aliphatic heterocycles. The van der Waals surface area contributed by atoms with Gasteiger partial charge in [0.2, 0.25) is 0 Å². The molecule has 0 saturated heterocycles. The fourth-order valence-electron chi connectivity index (χ4n) is 2.23. The minimum Gasteiger partial charge on any atom is -0.394 e. The maximum atomic E-state index is 9.40. The third-order valence-electron chi connectivity index (χ3n) is 3.35. The van der Waals surface area contributed by atoms with Gasteiger partial charge in [-0.1, -0.05) is 24.3 Å². The summed E-state index contributed by atoms with van der Waals surface area (Å²) in [6.45, 7) is 0.220. The average Bonchev–Trinajstić information content (AvgIpc) is 2.28. The summed E-state index contributed by atoms with van der Waals surface area (Å²) < 4.78 is 0. The molecule has 84 valence electrons. The Kier molecular flexibility index (Phi) is 4.14. The van der Waals surface area contributed by atoms with Gasteiger partial charge in [-0.15, -0.1) is 12.4 Å². The highest BCUT2D eigenvalue weighted by Crippen LogP contribution is 2.27. The lowest BCUT2D eigenvalue weighted by atomic mass is 9.78. The van der Waals surface area contributed by atoms with Crippen LogP contribution in [0.1, 0.15) is 17.5 Å². The molecule has 0 bridgehead atoms. The van der Waals surface area contributed by atoms with E-state index in [9.17, 15) is 5.11 Å². The van der Waals surface area contributed by atoms with E-state index in [0.717, 1.165) is 19.3 Å². The zero-order chi connectivity index (χ0) is 10.0. The summed E-state index contributed by atoms with van der Waals surface area (Å²) in [6, 6.07) is 8.51. The molecule has 1 aromatic rings. The molecule has 0 radical (unpaired) electrons. The molecule has 0 fully saturated rings. The highest BCUT2D eigenvalue weighted by Gasteiger charge is 2.31. The van der Waals surface area contributed by atoms with Gasteiger partial charge in [0.15, 0.2) is 0 Å². The number of rotatable bonds is 2. The number of hydrogen-bond acceptors (Lipinski definition) is 2. The number of benzene rings is 1. The standard InChI is InChI=1S/C12H17NO.ClH/c1-13-12(9-14)7-6-10-4-2-3-5-11(10)8-12;/h2-5,13-14H,6-9H2,1H3;1H. The first kappa shape index (κ1) is 12.5. The SMILES string of the molecule is CNC1(CO)CCc2ccccc2C1.Cl. The van der Waals surface area contributed by atoms with Crippen LogP contribution in [0.2, 0.25) is 0 Å². The van der Waals surface area contributed by atoms with Crippen LogP contribution < -0.4 is 5.32 Å². The van der Waals surface area contributed by atoms with Crippen molar-refractivity contribution < 1.29 is 5.11 Å². The van der Waals surface area contributed by atoms with Crippen LogP contribution in [0.15, 0.2) is 24.3 Å². The van der Waals surface area contributed by atoms with Crippen LogP contribution in [-0.2, 0) is 12.8 Å². The first-order chi connectivity index (χ1) is 6.79. The lowest BCUT2D eigenvalue weighted by Gasteiger charge is -2.36. The lowest BCUT2D eigenvalue weighted by molar-refractivity contribution is 0.153. The van der Waals surface area contributed by atoms with E-state index in [4.69, 9.17) is 0 Å². The van der Waals surface area contributed by atoms with Gasteiger partial charge in [0.1, 0.15) is 0 Å². The van der Waals surface area contributed by atoms with E-state index in [2.05, 4.69) is 29.6 Å². The first-order valence-corrected chi connectivity index (χ1v) is 5.16. The molecule has 3 heteroatoms. The molecule has 0 heterocycles. The predicted molar refractivity (Wildman–Crippen MR) is 64.6 cm³/mol. The molecule has 2 nitrogen and oxygen atoms in total. The molecule has 2 N–H and O–H groups in total. The molecular formula is C12H18ClNO. The summed E-state index contributed by atoms with van der Waals surface area (Å²) in [7, 11) is 1.93. The topological polar surface area (TPSA) is 32.3 Å². The van der Waals surface area contributed by atoms with Crippen molar-refractivity contribution in [3.8, 4) is 0 Å². The van der Waals surface area contributed by atoms with E-state index in [1.165, 1.54) is 11.1 Å². The summed E-state index contributed by atoms with van der Waals surface area (Å²) >= 11 is 0. The Balaban J connectivity index is 0.00000112. The van der Waals surface area contributed by atoms with Crippen LogP contribution in [0, 0.1) is 0 Å². The molecule has 0 spiro atoms. The van der Waals surface area contributed by atoms with Crippen LogP contribution in [0.4, 0.5) is 0 Å². The van der Waals surface area contributed by atoms with Crippen molar-refractivity contribution in [1.29, 1.82) is 0 Å². The van der Waals surface area contributed by atoms with E-state index in [1.54, 1.807) is 0 Å². The molecule has 15 heavy (non-hydrogen) atoms. The smallest absolute Gasteiger partial charge is 0.0616 e. The third kappa shape index (κ3) is 2.33. The van der Waals surface area contributed by atoms with Gasteiger partial charge >= 0.3 is 0 Å². The van der Waals surface area contributed by atoms with Gasteiger partial charge in [-0.25, -0.2) is 0 Å². The van der Waals surface area contributed by atoms with Crippen LogP contribution >= 0.6 is 12.4 Å². The van der Waals surface area contributed by atoms with Gasteiger partial charge in [0.25, 0.3) is 0 Å². The van der Waals surface area contributed by atoms with Crippen molar-refractivity contribution in [3.63, 3.8) is 0 Å². The summed E-state index contributed by atoms with van der Waals surface area (Å²) in [6.07, 6.45) is 3.03. The summed E-state index contributed by atoms with van der Waals surface area (Å²) in [5.41, 5.74) is 2.72.